The van der Waals surface area contributed by atoms with Gasteiger partial charge in [-0.05, 0) is 47.2 Å². The first-order valence-electron chi connectivity index (χ1n) is 9.61. The highest BCUT2D eigenvalue weighted by atomic mass is 35.5. The maximum atomic E-state index is 12.9. The summed E-state index contributed by atoms with van der Waals surface area (Å²) in [6, 6.07) is 18.0. The number of halogens is 1. The van der Waals surface area contributed by atoms with Crippen molar-refractivity contribution in [2.75, 3.05) is 20.2 Å². The van der Waals surface area contributed by atoms with E-state index in [1.807, 2.05) is 0 Å². The molecule has 0 unspecified atom stereocenters. The molecule has 1 aromatic heterocycles. The van der Waals surface area contributed by atoms with Crippen molar-refractivity contribution in [2.45, 2.75) is 19.0 Å². The molecule has 29 heavy (non-hydrogen) atoms. The van der Waals surface area contributed by atoms with Crippen molar-refractivity contribution in [1.82, 2.24) is 10.2 Å². The third kappa shape index (κ3) is 4.47. The summed E-state index contributed by atoms with van der Waals surface area (Å²) in [5.74, 6) is 0.342. The summed E-state index contributed by atoms with van der Waals surface area (Å²) in [4.78, 5) is 16.6. The maximum Gasteiger partial charge on any atom is 0.255 e. The van der Waals surface area contributed by atoms with E-state index in [4.69, 9.17) is 16.3 Å². The standard InChI is InChI=1S/C23H23ClN2O2S/c1-28-21-9-8-18(24)13-19(21)23(27)25-14-20(22-7-4-12-29-22)26-11-10-16-5-2-3-6-17(16)15-26/h2-9,12-13,20H,10-11,14-15H2,1H3,(H,25,27)/t20-/m0/s1. The highest BCUT2D eigenvalue weighted by Crippen LogP contribution is 2.30. The van der Waals surface area contributed by atoms with E-state index in [-0.39, 0.29) is 11.9 Å². The summed E-state index contributed by atoms with van der Waals surface area (Å²) >= 11 is 7.81. The lowest BCUT2D eigenvalue weighted by molar-refractivity contribution is 0.0926. The third-order valence-corrected chi connectivity index (χ3v) is 6.54. The average molecular weight is 427 g/mol. The number of hydrogen-bond donors (Lipinski definition) is 1. The van der Waals surface area contributed by atoms with Gasteiger partial charge in [0.05, 0.1) is 18.7 Å². The molecule has 1 amide bonds. The second-order valence-corrected chi connectivity index (χ2v) is 8.49. The molecule has 6 heteroatoms. The van der Waals surface area contributed by atoms with Crippen molar-refractivity contribution in [2.24, 2.45) is 0 Å². The predicted octanol–water partition coefficient (Wildman–Crippen LogP) is 4.94. The average Bonchev–Trinajstić information content (AvgIpc) is 3.28. The zero-order valence-electron chi connectivity index (χ0n) is 16.2. The Balaban J connectivity index is 1.52. The van der Waals surface area contributed by atoms with Gasteiger partial charge in [-0.2, -0.15) is 0 Å². The number of benzene rings is 2. The molecule has 0 radical (unpaired) electrons. The fraction of sp³-hybridized carbons (Fsp3) is 0.261. The van der Waals surface area contributed by atoms with Crippen LogP contribution in [0.2, 0.25) is 5.02 Å². The normalized spacial score (nSPS) is 14.8. The first-order valence-corrected chi connectivity index (χ1v) is 10.9. The Bertz CT molecular complexity index is 990. The van der Waals surface area contributed by atoms with E-state index in [9.17, 15) is 4.79 Å². The van der Waals surface area contributed by atoms with Crippen LogP contribution in [0.5, 0.6) is 5.75 Å². The van der Waals surface area contributed by atoms with Gasteiger partial charge in [0.25, 0.3) is 5.91 Å². The molecular formula is C23H23ClN2O2S. The number of fused-ring (bicyclic) bond motifs is 1. The van der Waals surface area contributed by atoms with Gasteiger partial charge in [-0.1, -0.05) is 41.9 Å². The van der Waals surface area contributed by atoms with Crippen LogP contribution in [0.4, 0.5) is 0 Å². The van der Waals surface area contributed by atoms with Crippen molar-refractivity contribution in [3.63, 3.8) is 0 Å². The lowest BCUT2D eigenvalue weighted by Crippen LogP contribution is -2.40. The Morgan fingerprint density at radius 3 is 2.79 bits per heavy atom. The van der Waals surface area contributed by atoms with Crippen molar-refractivity contribution in [1.29, 1.82) is 0 Å². The van der Waals surface area contributed by atoms with E-state index >= 15 is 0 Å². The summed E-state index contributed by atoms with van der Waals surface area (Å²) in [5, 5.41) is 5.70. The van der Waals surface area contributed by atoms with Crippen LogP contribution in [0.25, 0.3) is 0 Å². The van der Waals surface area contributed by atoms with Gasteiger partial charge in [0.2, 0.25) is 0 Å². The Morgan fingerprint density at radius 2 is 2.03 bits per heavy atom. The molecule has 0 saturated carbocycles. The molecule has 1 aliphatic heterocycles. The summed E-state index contributed by atoms with van der Waals surface area (Å²) in [7, 11) is 1.56. The quantitative estimate of drug-likeness (QED) is 0.607. The molecule has 0 spiro atoms. The Morgan fingerprint density at radius 1 is 1.21 bits per heavy atom. The summed E-state index contributed by atoms with van der Waals surface area (Å²) in [6.45, 7) is 2.38. The van der Waals surface area contributed by atoms with E-state index in [2.05, 4.69) is 52.0 Å². The minimum absolute atomic E-state index is 0.123. The fourth-order valence-corrected chi connectivity index (χ4v) is 4.85. The summed E-state index contributed by atoms with van der Waals surface area (Å²) in [5.41, 5.74) is 3.23. The number of carbonyl (C=O) groups is 1. The van der Waals surface area contributed by atoms with Gasteiger partial charge >= 0.3 is 0 Å². The predicted molar refractivity (Wildman–Crippen MR) is 118 cm³/mol. The lowest BCUT2D eigenvalue weighted by Gasteiger charge is -2.35. The van der Waals surface area contributed by atoms with E-state index in [0.29, 0.717) is 22.9 Å². The lowest BCUT2D eigenvalue weighted by atomic mass is 9.98. The van der Waals surface area contributed by atoms with Crippen LogP contribution in [0.15, 0.2) is 60.0 Å². The SMILES string of the molecule is COc1ccc(Cl)cc1C(=O)NC[C@@H](c1cccs1)N1CCc2ccccc2C1. The van der Waals surface area contributed by atoms with Gasteiger partial charge in [-0.15, -0.1) is 11.3 Å². The van der Waals surface area contributed by atoms with Crippen LogP contribution in [-0.4, -0.2) is 31.0 Å². The van der Waals surface area contributed by atoms with Crippen LogP contribution in [0.3, 0.4) is 0 Å². The third-order valence-electron chi connectivity index (χ3n) is 5.33. The first-order chi connectivity index (χ1) is 14.2. The molecule has 0 aliphatic carbocycles. The van der Waals surface area contributed by atoms with Crippen molar-refractivity contribution in [3.8, 4) is 5.75 Å². The number of thiophene rings is 1. The highest BCUT2D eigenvalue weighted by Gasteiger charge is 2.26. The summed E-state index contributed by atoms with van der Waals surface area (Å²) in [6.07, 6.45) is 1.02. The summed E-state index contributed by atoms with van der Waals surface area (Å²) < 4.78 is 5.33. The Kier molecular flexibility index (Phi) is 6.19. The molecule has 150 valence electrons. The largest absolute Gasteiger partial charge is 0.496 e. The maximum absolute atomic E-state index is 12.9. The number of carbonyl (C=O) groups excluding carboxylic acids is 1. The number of amides is 1. The number of methoxy groups -OCH3 is 1. The van der Waals surface area contributed by atoms with Gasteiger partial charge in [0, 0.05) is 29.5 Å². The van der Waals surface area contributed by atoms with Crippen LogP contribution in [0, 0.1) is 0 Å². The number of hydrogen-bond acceptors (Lipinski definition) is 4. The molecule has 0 saturated heterocycles. The van der Waals surface area contributed by atoms with E-state index in [1.54, 1.807) is 36.6 Å². The van der Waals surface area contributed by atoms with Gasteiger partial charge in [-0.25, -0.2) is 0 Å². The molecular weight excluding hydrogens is 404 g/mol. The minimum atomic E-state index is -0.177. The molecule has 0 fully saturated rings. The minimum Gasteiger partial charge on any atom is -0.496 e. The van der Waals surface area contributed by atoms with E-state index < -0.39 is 0 Å². The van der Waals surface area contributed by atoms with Gasteiger partial charge in [0.15, 0.2) is 0 Å². The van der Waals surface area contributed by atoms with E-state index in [1.165, 1.54) is 16.0 Å². The molecule has 0 bridgehead atoms. The van der Waals surface area contributed by atoms with Crippen LogP contribution >= 0.6 is 22.9 Å². The van der Waals surface area contributed by atoms with Crippen molar-refractivity contribution < 1.29 is 9.53 Å². The zero-order valence-corrected chi connectivity index (χ0v) is 17.8. The Hall–Kier alpha value is -2.34. The van der Waals surface area contributed by atoms with Crippen molar-refractivity contribution in [3.05, 3.63) is 86.6 Å². The molecule has 1 N–H and O–H groups in total. The monoisotopic (exact) mass is 426 g/mol. The van der Waals surface area contributed by atoms with Crippen LogP contribution in [-0.2, 0) is 13.0 Å². The molecule has 1 aliphatic rings. The molecule has 4 nitrogen and oxygen atoms in total. The molecule has 4 rings (SSSR count). The van der Waals surface area contributed by atoms with E-state index in [0.717, 1.165) is 19.5 Å². The number of rotatable bonds is 6. The van der Waals surface area contributed by atoms with Gasteiger partial charge in [-0.3, -0.25) is 9.69 Å². The highest BCUT2D eigenvalue weighted by molar-refractivity contribution is 7.10. The fourth-order valence-electron chi connectivity index (χ4n) is 3.82. The molecule has 3 aromatic rings. The van der Waals surface area contributed by atoms with Gasteiger partial charge in [0.1, 0.15) is 5.75 Å². The van der Waals surface area contributed by atoms with Crippen LogP contribution in [0.1, 0.15) is 32.4 Å². The molecule has 2 aromatic carbocycles. The molecule has 1 atom stereocenters. The topological polar surface area (TPSA) is 41.6 Å². The van der Waals surface area contributed by atoms with Gasteiger partial charge < -0.3 is 10.1 Å². The Labute approximate surface area is 180 Å². The second-order valence-electron chi connectivity index (χ2n) is 7.08. The smallest absolute Gasteiger partial charge is 0.255 e. The number of nitrogens with one attached hydrogen (secondary N) is 1. The second kappa shape index (κ2) is 8.99. The first kappa shape index (κ1) is 20.0. The molecule has 2 heterocycles. The number of nitrogens with zero attached hydrogens (tertiary/aromatic N) is 1. The number of ether oxygens (including phenoxy) is 1. The zero-order chi connectivity index (χ0) is 20.2. The van der Waals surface area contributed by atoms with Crippen LogP contribution < -0.4 is 10.1 Å². The van der Waals surface area contributed by atoms with Crippen molar-refractivity contribution >= 4 is 28.8 Å².